The van der Waals surface area contributed by atoms with Crippen molar-refractivity contribution in [2.75, 3.05) is 7.11 Å². The van der Waals surface area contributed by atoms with Crippen molar-refractivity contribution in [1.82, 2.24) is 0 Å². The van der Waals surface area contributed by atoms with Crippen LogP contribution < -0.4 is 4.74 Å². The lowest BCUT2D eigenvalue weighted by Crippen LogP contribution is -2.16. The molecule has 0 spiro atoms. The third-order valence-electron chi connectivity index (χ3n) is 3.99. The zero-order chi connectivity index (χ0) is 15.1. The molecular formula is C16H16O5. The minimum Gasteiger partial charge on any atom is -0.507 e. The Labute approximate surface area is 121 Å². The third kappa shape index (κ3) is 2.05. The molecule has 3 N–H and O–H groups in total. The number of carbonyl (C=O) groups is 1. The van der Waals surface area contributed by atoms with Gasteiger partial charge in [-0.1, -0.05) is 0 Å². The minimum atomic E-state index is -0.767. The van der Waals surface area contributed by atoms with Crippen LogP contribution in [-0.2, 0) is 6.61 Å². The van der Waals surface area contributed by atoms with Gasteiger partial charge < -0.3 is 20.1 Å². The molecule has 1 aliphatic rings. The first kappa shape index (κ1) is 13.9. The van der Waals surface area contributed by atoms with Gasteiger partial charge in [0.1, 0.15) is 11.5 Å². The standard InChI is InChI=1S/C16H16O5/c1-21-10-4-8-6-11-12(18)2-3-13(19)15(11)16(20)14(8)9(5-10)7-17/h4-6,12,17-18,20H,2-3,7H2,1H3/t12-/m0/s1. The van der Waals surface area contributed by atoms with E-state index in [1.807, 2.05) is 0 Å². The van der Waals surface area contributed by atoms with Gasteiger partial charge in [-0.3, -0.25) is 4.79 Å². The van der Waals surface area contributed by atoms with Crippen LogP contribution in [0.25, 0.3) is 10.8 Å². The molecule has 0 aromatic heterocycles. The molecule has 5 nitrogen and oxygen atoms in total. The number of hydrogen-bond donors (Lipinski definition) is 3. The Morgan fingerprint density at radius 2 is 2.10 bits per heavy atom. The highest BCUT2D eigenvalue weighted by Gasteiger charge is 2.29. The second-order valence-corrected chi connectivity index (χ2v) is 5.21. The maximum absolute atomic E-state index is 12.1. The van der Waals surface area contributed by atoms with Crippen LogP contribution in [0.5, 0.6) is 11.5 Å². The summed E-state index contributed by atoms with van der Waals surface area (Å²) in [5.74, 6) is 0.190. The first-order valence-corrected chi connectivity index (χ1v) is 6.75. The molecule has 0 fully saturated rings. The second kappa shape index (κ2) is 5.02. The number of phenolic OH excluding ortho intramolecular Hbond substituents is 1. The Morgan fingerprint density at radius 3 is 2.76 bits per heavy atom. The molecule has 0 bridgehead atoms. The predicted molar refractivity (Wildman–Crippen MR) is 76.6 cm³/mol. The van der Waals surface area contributed by atoms with Crippen molar-refractivity contribution in [1.29, 1.82) is 0 Å². The van der Waals surface area contributed by atoms with Crippen molar-refractivity contribution in [2.45, 2.75) is 25.6 Å². The molecule has 0 radical (unpaired) electrons. The highest BCUT2D eigenvalue weighted by Crippen LogP contribution is 2.42. The molecule has 5 heteroatoms. The summed E-state index contributed by atoms with van der Waals surface area (Å²) in [4.78, 5) is 12.1. The number of rotatable bonds is 2. The molecule has 21 heavy (non-hydrogen) atoms. The summed E-state index contributed by atoms with van der Waals surface area (Å²) >= 11 is 0. The monoisotopic (exact) mass is 288 g/mol. The average Bonchev–Trinajstić information content (AvgIpc) is 2.49. The molecule has 0 amide bonds. The van der Waals surface area contributed by atoms with Crippen LogP contribution in [0.2, 0.25) is 0 Å². The number of ether oxygens (including phenoxy) is 1. The van der Waals surface area contributed by atoms with E-state index in [0.29, 0.717) is 34.1 Å². The van der Waals surface area contributed by atoms with Crippen molar-refractivity contribution >= 4 is 16.6 Å². The van der Waals surface area contributed by atoms with E-state index in [0.717, 1.165) is 0 Å². The SMILES string of the molecule is COc1cc(CO)c2c(O)c3c(cc2c1)[C@@H](O)CCC3=O. The van der Waals surface area contributed by atoms with Gasteiger partial charge in [0.2, 0.25) is 0 Å². The number of aliphatic hydroxyl groups excluding tert-OH is 2. The van der Waals surface area contributed by atoms with E-state index in [9.17, 15) is 20.1 Å². The molecule has 2 aromatic carbocycles. The lowest BCUT2D eigenvalue weighted by molar-refractivity contribution is 0.0893. The van der Waals surface area contributed by atoms with Crippen molar-refractivity contribution < 1.29 is 24.9 Å². The number of methoxy groups -OCH3 is 1. The van der Waals surface area contributed by atoms with Crippen LogP contribution in [0.4, 0.5) is 0 Å². The van der Waals surface area contributed by atoms with E-state index in [4.69, 9.17) is 4.74 Å². The van der Waals surface area contributed by atoms with Crippen LogP contribution in [-0.4, -0.2) is 28.2 Å². The fraction of sp³-hybridized carbons (Fsp3) is 0.312. The number of Topliss-reactive ketones (excluding diaryl/α,β-unsaturated/α-hetero) is 1. The molecule has 1 atom stereocenters. The van der Waals surface area contributed by atoms with Gasteiger partial charge in [-0.25, -0.2) is 0 Å². The van der Waals surface area contributed by atoms with Crippen LogP contribution in [0.15, 0.2) is 18.2 Å². The molecule has 1 aliphatic carbocycles. The van der Waals surface area contributed by atoms with Gasteiger partial charge in [0.15, 0.2) is 5.78 Å². The molecule has 0 saturated heterocycles. The number of fused-ring (bicyclic) bond motifs is 2. The smallest absolute Gasteiger partial charge is 0.167 e. The molecule has 0 saturated carbocycles. The Bertz CT molecular complexity index is 735. The van der Waals surface area contributed by atoms with Crippen LogP contribution in [0, 0.1) is 0 Å². The zero-order valence-electron chi connectivity index (χ0n) is 11.6. The number of hydrogen-bond acceptors (Lipinski definition) is 5. The number of aromatic hydroxyl groups is 1. The molecule has 0 aliphatic heterocycles. The normalized spacial score (nSPS) is 17.9. The Balaban J connectivity index is 2.41. The van der Waals surface area contributed by atoms with E-state index >= 15 is 0 Å². The summed E-state index contributed by atoms with van der Waals surface area (Å²) in [5.41, 5.74) is 1.09. The van der Waals surface area contributed by atoms with Gasteiger partial charge in [-0.15, -0.1) is 0 Å². The predicted octanol–water partition coefficient (Wildman–Crippen LogP) is 2.06. The summed E-state index contributed by atoms with van der Waals surface area (Å²) in [6, 6.07) is 5.02. The summed E-state index contributed by atoms with van der Waals surface area (Å²) < 4.78 is 5.17. The lowest BCUT2D eigenvalue weighted by atomic mass is 9.84. The summed E-state index contributed by atoms with van der Waals surface area (Å²) in [6.45, 7) is -0.281. The fourth-order valence-electron chi connectivity index (χ4n) is 2.95. The highest BCUT2D eigenvalue weighted by atomic mass is 16.5. The Kier molecular flexibility index (Phi) is 3.31. The van der Waals surface area contributed by atoms with Crippen molar-refractivity contribution in [3.63, 3.8) is 0 Å². The third-order valence-corrected chi connectivity index (χ3v) is 3.99. The molecule has 0 unspecified atom stereocenters. The van der Waals surface area contributed by atoms with Crippen molar-refractivity contribution in [3.05, 3.63) is 34.9 Å². The van der Waals surface area contributed by atoms with E-state index in [1.54, 1.807) is 18.2 Å². The van der Waals surface area contributed by atoms with Gasteiger partial charge in [0.05, 0.1) is 25.4 Å². The van der Waals surface area contributed by atoms with Crippen molar-refractivity contribution in [3.8, 4) is 11.5 Å². The van der Waals surface area contributed by atoms with Crippen LogP contribution >= 0.6 is 0 Å². The summed E-state index contributed by atoms with van der Waals surface area (Å²) in [6.07, 6.45) is -0.206. The van der Waals surface area contributed by atoms with Gasteiger partial charge in [-0.2, -0.15) is 0 Å². The quantitative estimate of drug-likeness (QED) is 0.787. The first-order valence-electron chi connectivity index (χ1n) is 6.75. The van der Waals surface area contributed by atoms with E-state index in [-0.39, 0.29) is 30.1 Å². The maximum Gasteiger partial charge on any atom is 0.167 e. The van der Waals surface area contributed by atoms with E-state index in [1.165, 1.54) is 7.11 Å². The second-order valence-electron chi connectivity index (χ2n) is 5.21. The molecule has 3 rings (SSSR count). The number of aliphatic hydroxyl groups is 2. The van der Waals surface area contributed by atoms with Gasteiger partial charge in [0, 0.05) is 11.8 Å². The maximum atomic E-state index is 12.1. The average molecular weight is 288 g/mol. The number of carbonyl (C=O) groups excluding carboxylic acids is 1. The zero-order valence-corrected chi connectivity index (χ0v) is 11.6. The largest absolute Gasteiger partial charge is 0.507 e. The topological polar surface area (TPSA) is 87.0 Å². The van der Waals surface area contributed by atoms with Crippen LogP contribution in [0.3, 0.4) is 0 Å². The van der Waals surface area contributed by atoms with Gasteiger partial charge in [-0.05, 0) is 41.1 Å². The molecule has 2 aromatic rings. The van der Waals surface area contributed by atoms with Crippen LogP contribution in [0.1, 0.15) is 40.4 Å². The van der Waals surface area contributed by atoms with Gasteiger partial charge >= 0.3 is 0 Å². The highest BCUT2D eigenvalue weighted by molar-refractivity contribution is 6.08. The number of ketones is 1. The van der Waals surface area contributed by atoms with Crippen molar-refractivity contribution in [2.24, 2.45) is 0 Å². The van der Waals surface area contributed by atoms with E-state index < -0.39 is 6.10 Å². The van der Waals surface area contributed by atoms with Gasteiger partial charge in [0.25, 0.3) is 0 Å². The summed E-state index contributed by atoms with van der Waals surface area (Å²) in [7, 11) is 1.51. The minimum absolute atomic E-state index is 0.168. The fourth-order valence-corrected chi connectivity index (χ4v) is 2.95. The molecule has 110 valence electrons. The lowest BCUT2D eigenvalue weighted by Gasteiger charge is -2.23. The first-order chi connectivity index (χ1) is 10.1. The summed E-state index contributed by atoms with van der Waals surface area (Å²) in [5, 5.41) is 31.1. The Morgan fingerprint density at radius 1 is 1.33 bits per heavy atom. The van der Waals surface area contributed by atoms with E-state index in [2.05, 4.69) is 0 Å². The molecular weight excluding hydrogens is 272 g/mol. The molecule has 0 heterocycles. The number of benzene rings is 2. The Hall–Kier alpha value is -2.11. The number of phenols is 1.